The Balaban J connectivity index is 1.72. The van der Waals surface area contributed by atoms with Gasteiger partial charge in [0.2, 0.25) is 5.91 Å². The number of hydrogen-bond acceptors (Lipinski definition) is 4. The van der Waals surface area contributed by atoms with E-state index < -0.39 is 0 Å². The minimum atomic E-state index is -0.0856. The van der Waals surface area contributed by atoms with Crippen molar-refractivity contribution < 1.29 is 4.79 Å². The van der Waals surface area contributed by atoms with E-state index in [9.17, 15) is 4.79 Å². The predicted octanol–water partition coefficient (Wildman–Crippen LogP) is 3.01. The lowest BCUT2D eigenvalue weighted by Crippen LogP contribution is -2.37. The Hall–Kier alpha value is -2.32. The number of amides is 1. The van der Waals surface area contributed by atoms with E-state index >= 15 is 0 Å². The van der Waals surface area contributed by atoms with Crippen molar-refractivity contribution in [2.45, 2.75) is 19.4 Å². The van der Waals surface area contributed by atoms with Crippen molar-refractivity contribution in [3.05, 3.63) is 46.8 Å². The first-order valence-electron chi connectivity index (χ1n) is 6.81. The number of hydrogen-bond donors (Lipinski definition) is 1. The maximum absolute atomic E-state index is 12.2. The van der Waals surface area contributed by atoms with Crippen LogP contribution in [0.1, 0.15) is 18.1 Å². The van der Waals surface area contributed by atoms with Gasteiger partial charge in [-0.3, -0.25) is 4.79 Å². The summed E-state index contributed by atoms with van der Waals surface area (Å²) in [5.41, 5.74) is 2.93. The standard InChI is InChI=1S/C16H15N3OS/c1-11-8-12-4-2-3-5-14(12)19(11)10-15(20)18-16-13(9-17)6-7-21-16/h2-7,11H,8,10H2,1H3,(H,18,20). The average molecular weight is 297 g/mol. The first-order chi connectivity index (χ1) is 10.2. The number of benzene rings is 1. The Morgan fingerprint density at radius 3 is 3.10 bits per heavy atom. The summed E-state index contributed by atoms with van der Waals surface area (Å²) in [5, 5.41) is 14.2. The number of nitrogens with zero attached hydrogens (tertiary/aromatic N) is 2. The average Bonchev–Trinajstić information content (AvgIpc) is 3.04. The van der Waals surface area contributed by atoms with Crippen LogP contribution in [0.25, 0.3) is 0 Å². The Morgan fingerprint density at radius 1 is 1.48 bits per heavy atom. The molecule has 0 spiro atoms. The molecule has 0 bridgehead atoms. The second kappa shape index (κ2) is 5.58. The molecule has 0 saturated heterocycles. The molecule has 5 heteroatoms. The Kier molecular flexibility index (Phi) is 3.63. The van der Waals surface area contributed by atoms with Gasteiger partial charge in [-0.05, 0) is 36.4 Å². The maximum Gasteiger partial charge on any atom is 0.244 e. The van der Waals surface area contributed by atoms with Gasteiger partial charge in [0.25, 0.3) is 0 Å². The number of anilines is 2. The molecule has 1 N–H and O–H groups in total. The van der Waals surface area contributed by atoms with Crippen molar-refractivity contribution in [1.29, 1.82) is 5.26 Å². The number of thiophene rings is 1. The molecule has 1 aliphatic heterocycles. The zero-order valence-electron chi connectivity index (χ0n) is 11.7. The van der Waals surface area contributed by atoms with Crippen molar-refractivity contribution in [2.24, 2.45) is 0 Å². The van der Waals surface area contributed by atoms with Crippen molar-refractivity contribution in [2.75, 3.05) is 16.8 Å². The molecule has 1 atom stereocenters. The van der Waals surface area contributed by atoms with Crippen LogP contribution in [0.3, 0.4) is 0 Å². The number of nitrogens with one attached hydrogen (secondary N) is 1. The summed E-state index contributed by atoms with van der Waals surface area (Å²) >= 11 is 1.37. The zero-order valence-corrected chi connectivity index (χ0v) is 12.5. The lowest BCUT2D eigenvalue weighted by atomic mass is 10.1. The van der Waals surface area contributed by atoms with E-state index in [-0.39, 0.29) is 5.91 Å². The third-order valence-corrected chi connectivity index (χ3v) is 4.53. The van der Waals surface area contributed by atoms with Crippen LogP contribution in [0.15, 0.2) is 35.7 Å². The summed E-state index contributed by atoms with van der Waals surface area (Å²) in [5.74, 6) is -0.0856. The summed E-state index contributed by atoms with van der Waals surface area (Å²) in [4.78, 5) is 14.3. The van der Waals surface area contributed by atoms with Gasteiger partial charge in [-0.1, -0.05) is 18.2 Å². The van der Waals surface area contributed by atoms with E-state index in [2.05, 4.69) is 35.3 Å². The number of rotatable bonds is 3. The fourth-order valence-electron chi connectivity index (χ4n) is 2.69. The monoisotopic (exact) mass is 297 g/mol. The topological polar surface area (TPSA) is 56.1 Å². The summed E-state index contributed by atoms with van der Waals surface area (Å²) in [6.45, 7) is 2.43. The summed E-state index contributed by atoms with van der Waals surface area (Å²) < 4.78 is 0. The first kappa shape index (κ1) is 13.7. The lowest BCUT2D eigenvalue weighted by molar-refractivity contribution is -0.115. The molecule has 0 saturated carbocycles. The molecule has 1 unspecified atom stereocenters. The van der Waals surface area contributed by atoms with Gasteiger partial charge in [0.05, 0.1) is 12.1 Å². The molecule has 0 aliphatic carbocycles. The molecule has 4 nitrogen and oxygen atoms in total. The molecule has 2 heterocycles. The highest BCUT2D eigenvalue weighted by Gasteiger charge is 2.27. The Morgan fingerprint density at radius 2 is 2.29 bits per heavy atom. The first-order valence-corrected chi connectivity index (χ1v) is 7.69. The van der Waals surface area contributed by atoms with Gasteiger partial charge >= 0.3 is 0 Å². The van der Waals surface area contributed by atoms with Crippen molar-refractivity contribution in [3.63, 3.8) is 0 Å². The second-order valence-electron chi connectivity index (χ2n) is 5.13. The molecule has 1 aliphatic rings. The fourth-order valence-corrected chi connectivity index (χ4v) is 3.44. The quantitative estimate of drug-likeness (QED) is 0.947. The van der Waals surface area contributed by atoms with Crippen LogP contribution >= 0.6 is 11.3 Å². The number of fused-ring (bicyclic) bond motifs is 1. The van der Waals surface area contributed by atoms with Gasteiger partial charge < -0.3 is 10.2 Å². The number of carbonyl (C=O) groups excluding carboxylic acids is 1. The van der Waals surface area contributed by atoms with Gasteiger partial charge in [0.1, 0.15) is 11.1 Å². The van der Waals surface area contributed by atoms with Gasteiger partial charge in [-0.25, -0.2) is 0 Å². The summed E-state index contributed by atoms with van der Waals surface area (Å²) in [7, 11) is 0. The molecule has 1 aromatic carbocycles. The van der Waals surface area contributed by atoms with Gasteiger partial charge in [0, 0.05) is 11.7 Å². The summed E-state index contributed by atoms with van der Waals surface area (Å²) in [6, 6.07) is 12.3. The molecule has 21 heavy (non-hydrogen) atoms. The minimum Gasteiger partial charge on any atom is -0.359 e. The molecule has 2 aromatic rings. The Bertz CT molecular complexity index is 716. The molecule has 1 amide bonds. The van der Waals surface area contributed by atoms with Crippen LogP contribution in [-0.4, -0.2) is 18.5 Å². The van der Waals surface area contributed by atoms with Gasteiger partial charge in [-0.2, -0.15) is 5.26 Å². The van der Waals surface area contributed by atoms with E-state index in [1.165, 1.54) is 16.9 Å². The van der Waals surface area contributed by atoms with Gasteiger partial charge in [0.15, 0.2) is 0 Å². The van der Waals surface area contributed by atoms with Crippen molar-refractivity contribution in [1.82, 2.24) is 0 Å². The minimum absolute atomic E-state index is 0.0856. The van der Waals surface area contributed by atoms with Crippen LogP contribution in [0.5, 0.6) is 0 Å². The molecule has 0 fully saturated rings. The van der Waals surface area contributed by atoms with Crippen LogP contribution in [0.4, 0.5) is 10.7 Å². The number of carbonyl (C=O) groups is 1. The highest BCUT2D eigenvalue weighted by atomic mass is 32.1. The van der Waals surface area contributed by atoms with E-state index in [1.807, 2.05) is 17.5 Å². The smallest absolute Gasteiger partial charge is 0.244 e. The summed E-state index contributed by atoms with van der Waals surface area (Å²) in [6.07, 6.45) is 0.964. The normalized spacial score (nSPS) is 16.4. The van der Waals surface area contributed by atoms with E-state index in [0.29, 0.717) is 23.2 Å². The molecule has 1 aromatic heterocycles. The number of para-hydroxylation sites is 1. The SMILES string of the molecule is CC1Cc2ccccc2N1CC(=O)Nc1sccc1C#N. The van der Waals surface area contributed by atoms with Crippen LogP contribution in [0.2, 0.25) is 0 Å². The van der Waals surface area contributed by atoms with Crippen LogP contribution in [0, 0.1) is 11.3 Å². The van der Waals surface area contributed by atoms with Crippen molar-refractivity contribution >= 4 is 27.9 Å². The maximum atomic E-state index is 12.2. The van der Waals surface area contributed by atoms with Gasteiger partial charge in [-0.15, -0.1) is 11.3 Å². The van der Waals surface area contributed by atoms with Crippen LogP contribution < -0.4 is 10.2 Å². The largest absolute Gasteiger partial charge is 0.359 e. The Labute approximate surface area is 127 Å². The predicted molar refractivity (Wildman–Crippen MR) is 84.6 cm³/mol. The van der Waals surface area contributed by atoms with Crippen molar-refractivity contribution in [3.8, 4) is 6.07 Å². The highest BCUT2D eigenvalue weighted by molar-refractivity contribution is 7.14. The third kappa shape index (κ3) is 2.63. The second-order valence-corrected chi connectivity index (χ2v) is 6.05. The fraction of sp³-hybridized carbons (Fsp3) is 0.250. The van der Waals surface area contributed by atoms with E-state index in [0.717, 1.165) is 12.1 Å². The highest BCUT2D eigenvalue weighted by Crippen LogP contribution is 2.31. The third-order valence-electron chi connectivity index (χ3n) is 3.70. The lowest BCUT2D eigenvalue weighted by Gasteiger charge is -2.24. The van der Waals surface area contributed by atoms with E-state index in [1.54, 1.807) is 6.07 Å². The molecule has 0 radical (unpaired) electrons. The van der Waals surface area contributed by atoms with E-state index in [4.69, 9.17) is 5.26 Å². The number of nitriles is 1. The molecular weight excluding hydrogens is 282 g/mol. The molecule has 106 valence electrons. The molecular formula is C16H15N3OS. The van der Waals surface area contributed by atoms with Crippen LogP contribution in [-0.2, 0) is 11.2 Å². The zero-order chi connectivity index (χ0) is 14.8. The molecule has 3 rings (SSSR count).